The number of fused-ring (bicyclic) bond motifs is 1. The van der Waals surface area contributed by atoms with Crippen LogP contribution in [0, 0.1) is 5.92 Å². The summed E-state index contributed by atoms with van der Waals surface area (Å²) in [5.74, 6) is 1.82. The molecule has 1 aliphatic heterocycles. The summed E-state index contributed by atoms with van der Waals surface area (Å²) in [6.07, 6.45) is 1.90. The van der Waals surface area contributed by atoms with Crippen molar-refractivity contribution in [3.8, 4) is 17.2 Å². The molecule has 0 amide bonds. The second-order valence-corrected chi connectivity index (χ2v) is 3.71. The van der Waals surface area contributed by atoms with Gasteiger partial charge >= 0.3 is 5.97 Å². The van der Waals surface area contributed by atoms with Gasteiger partial charge in [-0.05, 0) is 25.0 Å². The largest absolute Gasteiger partial charge is 0.454 e. The molecule has 2 aliphatic rings. The Hall–Kier alpha value is -1.71. The molecule has 0 radical (unpaired) electrons. The van der Waals surface area contributed by atoms with Gasteiger partial charge in [-0.2, -0.15) is 0 Å². The number of esters is 1. The van der Waals surface area contributed by atoms with Crippen LogP contribution in [-0.2, 0) is 4.79 Å². The van der Waals surface area contributed by atoms with Crippen molar-refractivity contribution in [2.45, 2.75) is 12.8 Å². The zero-order chi connectivity index (χ0) is 10.3. The molecule has 0 saturated heterocycles. The predicted molar refractivity (Wildman–Crippen MR) is 50.9 cm³/mol. The van der Waals surface area contributed by atoms with E-state index in [9.17, 15) is 4.79 Å². The molecule has 15 heavy (non-hydrogen) atoms. The highest BCUT2D eigenvalue weighted by Gasteiger charge is 2.31. The molecule has 0 unspecified atom stereocenters. The third-order valence-corrected chi connectivity index (χ3v) is 2.47. The first-order valence-electron chi connectivity index (χ1n) is 4.94. The molecule has 0 spiro atoms. The highest BCUT2D eigenvalue weighted by molar-refractivity contribution is 5.77. The Balaban J connectivity index is 1.77. The van der Waals surface area contributed by atoms with Gasteiger partial charge in [-0.15, -0.1) is 0 Å². The van der Waals surface area contributed by atoms with Crippen molar-refractivity contribution in [2.24, 2.45) is 5.92 Å². The van der Waals surface area contributed by atoms with E-state index in [0.717, 1.165) is 12.8 Å². The molecule has 1 aromatic rings. The van der Waals surface area contributed by atoms with Crippen molar-refractivity contribution in [3.05, 3.63) is 18.2 Å². The SMILES string of the molecule is O=C(Oc1ccc2c(c1)OCO2)C1CC1. The number of ether oxygens (including phenoxy) is 3. The van der Waals surface area contributed by atoms with Gasteiger partial charge in [0.05, 0.1) is 5.92 Å². The van der Waals surface area contributed by atoms with E-state index in [1.54, 1.807) is 18.2 Å². The Labute approximate surface area is 86.7 Å². The lowest BCUT2D eigenvalue weighted by Gasteiger charge is -2.03. The van der Waals surface area contributed by atoms with Gasteiger partial charge < -0.3 is 14.2 Å². The summed E-state index contributed by atoms with van der Waals surface area (Å²) in [6.45, 7) is 0.232. The van der Waals surface area contributed by atoms with E-state index < -0.39 is 0 Å². The molecule has 4 heteroatoms. The molecular formula is C11H10O4. The summed E-state index contributed by atoms with van der Waals surface area (Å²) in [6, 6.07) is 5.15. The number of carbonyl (C=O) groups is 1. The molecule has 0 N–H and O–H groups in total. The number of hydrogen-bond acceptors (Lipinski definition) is 4. The van der Waals surface area contributed by atoms with Crippen LogP contribution in [0.5, 0.6) is 17.2 Å². The Morgan fingerprint density at radius 2 is 2.07 bits per heavy atom. The van der Waals surface area contributed by atoms with Gasteiger partial charge in [0.25, 0.3) is 0 Å². The molecule has 0 bridgehead atoms. The minimum absolute atomic E-state index is 0.107. The van der Waals surface area contributed by atoms with E-state index in [2.05, 4.69) is 0 Å². The van der Waals surface area contributed by atoms with Gasteiger partial charge in [-0.3, -0.25) is 4.79 Å². The third-order valence-electron chi connectivity index (χ3n) is 2.47. The van der Waals surface area contributed by atoms with Crippen LogP contribution in [-0.4, -0.2) is 12.8 Å². The second-order valence-electron chi connectivity index (χ2n) is 3.71. The van der Waals surface area contributed by atoms with Crippen molar-refractivity contribution in [1.29, 1.82) is 0 Å². The summed E-state index contributed by atoms with van der Waals surface area (Å²) in [7, 11) is 0. The van der Waals surface area contributed by atoms with Crippen molar-refractivity contribution in [2.75, 3.05) is 6.79 Å². The van der Waals surface area contributed by atoms with Gasteiger partial charge in [0, 0.05) is 6.07 Å². The zero-order valence-corrected chi connectivity index (χ0v) is 8.06. The van der Waals surface area contributed by atoms with Gasteiger partial charge in [0.15, 0.2) is 11.5 Å². The highest BCUT2D eigenvalue weighted by Crippen LogP contribution is 2.36. The molecule has 78 valence electrons. The number of benzene rings is 1. The highest BCUT2D eigenvalue weighted by atomic mass is 16.7. The molecule has 0 aromatic heterocycles. The lowest BCUT2D eigenvalue weighted by Crippen LogP contribution is -2.09. The fourth-order valence-electron chi connectivity index (χ4n) is 1.46. The average Bonchev–Trinajstić information content (AvgIpc) is 2.98. The van der Waals surface area contributed by atoms with E-state index in [1.807, 2.05) is 0 Å². The Kier molecular flexibility index (Phi) is 1.80. The molecule has 1 heterocycles. The molecule has 0 atom stereocenters. The van der Waals surface area contributed by atoms with Crippen LogP contribution >= 0.6 is 0 Å². The van der Waals surface area contributed by atoms with E-state index in [0.29, 0.717) is 17.2 Å². The van der Waals surface area contributed by atoms with Crippen LogP contribution in [0.1, 0.15) is 12.8 Å². The maximum Gasteiger partial charge on any atom is 0.314 e. The fourth-order valence-corrected chi connectivity index (χ4v) is 1.46. The lowest BCUT2D eigenvalue weighted by molar-refractivity contribution is -0.135. The topological polar surface area (TPSA) is 44.8 Å². The van der Waals surface area contributed by atoms with Crippen LogP contribution < -0.4 is 14.2 Å². The monoisotopic (exact) mass is 206 g/mol. The minimum atomic E-state index is -0.145. The first kappa shape index (κ1) is 8.59. The average molecular weight is 206 g/mol. The Morgan fingerprint density at radius 3 is 2.87 bits per heavy atom. The summed E-state index contributed by atoms with van der Waals surface area (Å²) in [5.41, 5.74) is 0. The fraction of sp³-hybridized carbons (Fsp3) is 0.364. The molecule has 1 aromatic carbocycles. The molecule has 1 fully saturated rings. The summed E-state index contributed by atoms with van der Waals surface area (Å²) < 4.78 is 15.5. The van der Waals surface area contributed by atoms with Crippen LogP contribution in [0.15, 0.2) is 18.2 Å². The predicted octanol–water partition coefficient (Wildman–Crippen LogP) is 1.73. The molecule has 1 saturated carbocycles. The maximum atomic E-state index is 11.4. The van der Waals surface area contributed by atoms with E-state index in [4.69, 9.17) is 14.2 Å². The van der Waals surface area contributed by atoms with E-state index in [-0.39, 0.29) is 18.7 Å². The Morgan fingerprint density at radius 1 is 1.27 bits per heavy atom. The van der Waals surface area contributed by atoms with Gasteiger partial charge in [-0.1, -0.05) is 0 Å². The second kappa shape index (κ2) is 3.15. The van der Waals surface area contributed by atoms with E-state index in [1.165, 1.54) is 0 Å². The number of carbonyl (C=O) groups excluding carboxylic acids is 1. The van der Waals surface area contributed by atoms with Crippen molar-refractivity contribution < 1.29 is 19.0 Å². The van der Waals surface area contributed by atoms with Crippen LogP contribution in [0.4, 0.5) is 0 Å². The standard InChI is InChI=1S/C11H10O4/c12-11(7-1-2-7)15-8-3-4-9-10(5-8)14-6-13-9/h3-5,7H,1-2,6H2. The first-order valence-corrected chi connectivity index (χ1v) is 4.94. The summed E-state index contributed by atoms with van der Waals surface area (Å²) in [5, 5.41) is 0. The van der Waals surface area contributed by atoms with Crippen molar-refractivity contribution in [3.63, 3.8) is 0 Å². The normalized spacial score (nSPS) is 17.6. The van der Waals surface area contributed by atoms with Gasteiger partial charge in [-0.25, -0.2) is 0 Å². The molecular weight excluding hydrogens is 196 g/mol. The molecule has 1 aliphatic carbocycles. The number of rotatable bonds is 2. The first-order chi connectivity index (χ1) is 7.33. The Bertz CT molecular complexity index is 409. The van der Waals surface area contributed by atoms with Gasteiger partial charge in [0.1, 0.15) is 5.75 Å². The molecule has 4 nitrogen and oxygen atoms in total. The molecule has 3 rings (SSSR count). The summed E-state index contributed by atoms with van der Waals surface area (Å²) in [4.78, 5) is 11.4. The smallest absolute Gasteiger partial charge is 0.314 e. The van der Waals surface area contributed by atoms with Crippen LogP contribution in [0.2, 0.25) is 0 Å². The zero-order valence-electron chi connectivity index (χ0n) is 8.06. The maximum absolute atomic E-state index is 11.4. The van der Waals surface area contributed by atoms with Crippen LogP contribution in [0.25, 0.3) is 0 Å². The summed E-state index contributed by atoms with van der Waals surface area (Å²) >= 11 is 0. The number of hydrogen-bond donors (Lipinski definition) is 0. The van der Waals surface area contributed by atoms with E-state index >= 15 is 0 Å². The van der Waals surface area contributed by atoms with Crippen molar-refractivity contribution in [1.82, 2.24) is 0 Å². The minimum Gasteiger partial charge on any atom is -0.454 e. The quantitative estimate of drug-likeness (QED) is 0.546. The van der Waals surface area contributed by atoms with Crippen LogP contribution in [0.3, 0.4) is 0 Å². The third kappa shape index (κ3) is 1.63. The lowest BCUT2D eigenvalue weighted by atomic mass is 10.3. The van der Waals surface area contributed by atoms with Crippen molar-refractivity contribution >= 4 is 5.97 Å². The van der Waals surface area contributed by atoms with Gasteiger partial charge in [0.2, 0.25) is 6.79 Å².